The van der Waals surface area contributed by atoms with Crippen molar-refractivity contribution in [2.75, 3.05) is 6.61 Å². The summed E-state index contributed by atoms with van der Waals surface area (Å²) >= 11 is 7.74. The molecule has 6 nitrogen and oxygen atoms in total. The van der Waals surface area contributed by atoms with E-state index in [1.165, 1.54) is 0 Å². The Bertz CT molecular complexity index is 1310. The number of carbonyl (C=O) groups excluding carboxylic acids is 1. The highest BCUT2D eigenvalue weighted by Crippen LogP contribution is 2.37. The number of aromatic nitrogens is 3. The molecule has 8 heteroatoms. The third kappa shape index (κ3) is 4.23. The van der Waals surface area contributed by atoms with E-state index in [-0.39, 0.29) is 5.78 Å². The van der Waals surface area contributed by atoms with E-state index in [2.05, 4.69) is 15.0 Å². The van der Waals surface area contributed by atoms with Crippen molar-refractivity contribution in [3.05, 3.63) is 68.4 Å². The summed E-state index contributed by atoms with van der Waals surface area (Å²) in [4.78, 5) is 26.4. The van der Waals surface area contributed by atoms with E-state index in [1.54, 1.807) is 35.9 Å². The second-order valence-electron chi connectivity index (χ2n) is 8.00. The van der Waals surface area contributed by atoms with Crippen LogP contribution in [0.25, 0.3) is 11.0 Å². The minimum absolute atomic E-state index is 0.165. The highest BCUT2D eigenvalue weighted by atomic mass is 35.5. The van der Waals surface area contributed by atoms with Crippen LogP contribution in [-0.4, -0.2) is 27.3 Å². The minimum Gasteiger partial charge on any atom is -0.489 e. The fourth-order valence-electron chi connectivity index (χ4n) is 3.60. The van der Waals surface area contributed by atoms with Crippen LogP contribution in [0.1, 0.15) is 44.3 Å². The lowest BCUT2D eigenvalue weighted by atomic mass is 10.0. The fourth-order valence-corrected chi connectivity index (χ4v) is 4.61. The van der Waals surface area contributed by atoms with Crippen LogP contribution in [0.2, 0.25) is 5.02 Å². The van der Waals surface area contributed by atoms with Crippen molar-refractivity contribution >= 4 is 39.8 Å². The first-order valence-electron chi connectivity index (χ1n) is 10.5. The zero-order chi connectivity index (χ0) is 22.2. The third-order valence-corrected chi connectivity index (χ3v) is 6.74. The van der Waals surface area contributed by atoms with E-state index in [0.29, 0.717) is 57.8 Å². The number of H-pyrrole nitrogens is 1. The standard InChI is InChI=1S/C24H22ClN3O3S/c1-13-21(32-14(2)28-13)12-30-20-5-3-4-17(23(20)31-11-15-6-7-15)22(29)19-10-27-24-18(19)8-16(25)9-26-24/h3-5,8-10,15H,6-7,11-12H2,1-2H3,(H,26,27). The van der Waals surface area contributed by atoms with Gasteiger partial charge in [-0.15, -0.1) is 11.3 Å². The van der Waals surface area contributed by atoms with Crippen molar-refractivity contribution in [1.29, 1.82) is 0 Å². The van der Waals surface area contributed by atoms with Crippen molar-refractivity contribution in [2.24, 2.45) is 5.92 Å². The molecule has 0 radical (unpaired) electrons. The Morgan fingerprint density at radius 1 is 1.25 bits per heavy atom. The maximum atomic E-state index is 13.6. The van der Waals surface area contributed by atoms with Crippen LogP contribution in [0.5, 0.6) is 11.5 Å². The molecule has 0 atom stereocenters. The molecule has 4 aromatic rings. The molecule has 1 N–H and O–H groups in total. The number of rotatable bonds is 8. The van der Waals surface area contributed by atoms with Crippen molar-refractivity contribution in [3.63, 3.8) is 0 Å². The van der Waals surface area contributed by atoms with Gasteiger partial charge in [0.15, 0.2) is 17.3 Å². The second-order valence-corrected chi connectivity index (χ2v) is 9.72. The summed E-state index contributed by atoms with van der Waals surface area (Å²) in [5.74, 6) is 1.40. The number of carbonyl (C=O) groups is 1. The summed E-state index contributed by atoms with van der Waals surface area (Å²) in [5.41, 5.74) is 2.53. The first kappa shape index (κ1) is 21.0. The Hall–Kier alpha value is -2.90. The number of ketones is 1. The summed E-state index contributed by atoms with van der Waals surface area (Å²) in [5, 5.41) is 2.16. The minimum atomic E-state index is -0.165. The number of hydrogen-bond donors (Lipinski definition) is 1. The number of nitrogens with one attached hydrogen (secondary N) is 1. The summed E-state index contributed by atoms with van der Waals surface area (Å²) in [6, 6.07) is 7.18. The van der Waals surface area contributed by atoms with Gasteiger partial charge in [0.2, 0.25) is 0 Å². The predicted molar refractivity (Wildman–Crippen MR) is 125 cm³/mol. The molecule has 0 bridgehead atoms. The lowest BCUT2D eigenvalue weighted by molar-refractivity contribution is 0.103. The van der Waals surface area contributed by atoms with Crippen LogP contribution < -0.4 is 9.47 Å². The third-order valence-electron chi connectivity index (χ3n) is 5.48. The highest BCUT2D eigenvalue weighted by molar-refractivity contribution is 7.11. The van der Waals surface area contributed by atoms with E-state index in [4.69, 9.17) is 21.1 Å². The molecule has 0 amide bonds. The molecule has 1 fully saturated rings. The van der Waals surface area contributed by atoms with E-state index in [1.807, 2.05) is 26.0 Å². The maximum Gasteiger partial charge on any atom is 0.199 e. The smallest absolute Gasteiger partial charge is 0.199 e. The Balaban J connectivity index is 1.50. The molecule has 1 aromatic carbocycles. The van der Waals surface area contributed by atoms with E-state index >= 15 is 0 Å². The number of benzene rings is 1. The van der Waals surface area contributed by atoms with Crippen LogP contribution in [0.15, 0.2) is 36.7 Å². The number of halogens is 1. The number of thiazole rings is 1. The molecule has 164 valence electrons. The molecule has 5 rings (SSSR count). The average Bonchev–Trinajstić information content (AvgIpc) is 3.43. The molecule has 0 aliphatic heterocycles. The van der Waals surface area contributed by atoms with Gasteiger partial charge in [-0.1, -0.05) is 17.7 Å². The number of aromatic amines is 1. The monoisotopic (exact) mass is 467 g/mol. The molecular weight excluding hydrogens is 446 g/mol. The summed E-state index contributed by atoms with van der Waals surface area (Å²) < 4.78 is 12.3. The molecule has 0 saturated heterocycles. The normalized spacial score (nSPS) is 13.5. The number of nitrogens with zero attached hydrogens (tertiary/aromatic N) is 2. The van der Waals surface area contributed by atoms with Gasteiger partial charge in [0.05, 0.1) is 32.8 Å². The van der Waals surface area contributed by atoms with E-state index < -0.39 is 0 Å². The maximum absolute atomic E-state index is 13.6. The van der Waals surface area contributed by atoms with Crippen LogP contribution >= 0.6 is 22.9 Å². The number of hydrogen-bond acceptors (Lipinski definition) is 6. The molecule has 3 aromatic heterocycles. The number of ether oxygens (including phenoxy) is 2. The highest BCUT2D eigenvalue weighted by Gasteiger charge is 2.26. The molecule has 0 spiro atoms. The van der Waals surface area contributed by atoms with Gasteiger partial charge in [0.25, 0.3) is 0 Å². The molecule has 3 heterocycles. The lowest BCUT2D eigenvalue weighted by Gasteiger charge is -2.16. The first-order chi connectivity index (χ1) is 15.5. The van der Waals surface area contributed by atoms with Gasteiger partial charge >= 0.3 is 0 Å². The topological polar surface area (TPSA) is 77.1 Å². The van der Waals surface area contributed by atoms with Gasteiger partial charge in [-0.3, -0.25) is 4.79 Å². The van der Waals surface area contributed by atoms with Crippen molar-refractivity contribution in [3.8, 4) is 11.5 Å². The summed E-state index contributed by atoms with van der Waals surface area (Å²) in [6.45, 7) is 4.90. The zero-order valence-electron chi connectivity index (χ0n) is 17.8. The first-order valence-corrected chi connectivity index (χ1v) is 11.7. The van der Waals surface area contributed by atoms with E-state index in [9.17, 15) is 4.79 Å². The second kappa shape index (κ2) is 8.56. The molecule has 1 saturated carbocycles. The van der Waals surface area contributed by atoms with Crippen LogP contribution in [0, 0.1) is 19.8 Å². The largest absolute Gasteiger partial charge is 0.489 e. The fraction of sp³-hybridized carbons (Fsp3) is 0.292. The molecule has 1 aliphatic rings. The van der Waals surface area contributed by atoms with Crippen LogP contribution in [0.4, 0.5) is 0 Å². The Labute approximate surface area is 194 Å². The average molecular weight is 468 g/mol. The van der Waals surface area contributed by atoms with Crippen molar-refractivity contribution in [1.82, 2.24) is 15.0 Å². The van der Waals surface area contributed by atoms with Gasteiger partial charge in [-0.25, -0.2) is 9.97 Å². The van der Waals surface area contributed by atoms with Crippen molar-refractivity contribution < 1.29 is 14.3 Å². The lowest BCUT2D eigenvalue weighted by Crippen LogP contribution is -2.09. The predicted octanol–water partition coefficient (Wildman–Crippen LogP) is 5.89. The zero-order valence-corrected chi connectivity index (χ0v) is 19.3. The molecule has 0 unspecified atom stereocenters. The molecular formula is C24H22ClN3O3S. The SMILES string of the molecule is Cc1nc(C)c(COc2cccc(C(=O)c3c[nH]c4ncc(Cl)cc34)c2OCC2CC2)s1. The van der Waals surface area contributed by atoms with Crippen LogP contribution in [0.3, 0.4) is 0 Å². The number of aryl methyl sites for hydroxylation is 2. The van der Waals surface area contributed by atoms with Gasteiger partial charge in [0.1, 0.15) is 12.3 Å². The van der Waals surface area contributed by atoms with Gasteiger partial charge in [-0.2, -0.15) is 0 Å². The van der Waals surface area contributed by atoms with Crippen molar-refractivity contribution in [2.45, 2.75) is 33.3 Å². The van der Waals surface area contributed by atoms with Gasteiger partial charge in [0, 0.05) is 23.3 Å². The Morgan fingerprint density at radius 2 is 2.09 bits per heavy atom. The molecule has 1 aliphatic carbocycles. The Morgan fingerprint density at radius 3 is 2.84 bits per heavy atom. The quantitative estimate of drug-likeness (QED) is 0.327. The Kier molecular flexibility index (Phi) is 5.61. The van der Waals surface area contributed by atoms with Gasteiger partial charge < -0.3 is 14.5 Å². The van der Waals surface area contributed by atoms with Gasteiger partial charge in [-0.05, 0) is 50.8 Å². The summed E-state index contributed by atoms with van der Waals surface area (Å²) in [7, 11) is 0. The van der Waals surface area contributed by atoms with Crippen LogP contribution in [-0.2, 0) is 6.61 Å². The molecule has 32 heavy (non-hydrogen) atoms. The number of para-hydroxylation sites is 1. The number of fused-ring (bicyclic) bond motifs is 1. The summed E-state index contributed by atoms with van der Waals surface area (Å²) in [6.07, 6.45) is 5.52. The van der Waals surface area contributed by atoms with E-state index in [0.717, 1.165) is 28.4 Å². The number of pyridine rings is 1.